The SMILES string of the molecule is CCC(NCCc1ccc(CO)cc1)c1ccccc1. The lowest BCUT2D eigenvalue weighted by Crippen LogP contribution is -2.23. The Morgan fingerprint density at radius 1 is 0.950 bits per heavy atom. The van der Waals surface area contributed by atoms with Crippen LogP contribution in [0.4, 0.5) is 0 Å². The normalized spacial score (nSPS) is 12.3. The maximum atomic E-state index is 9.02. The van der Waals surface area contributed by atoms with Crippen LogP contribution in [0.25, 0.3) is 0 Å². The molecule has 0 aliphatic carbocycles. The van der Waals surface area contributed by atoms with Gasteiger partial charge in [0.15, 0.2) is 0 Å². The molecule has 2 aromatic carbocycles. The third-order valence-corrected chi connectivity index (χ3v) is 3.62. The molecule has 0 radical (unpaired) electrons. The summed E-state index contributed by atoms with van der Waals surface area (Å²) in [5.41, 5.74) is 3.63. The van der Waals surface area contributed by atoms with Crippen LogP contribution in [0, 0.1) is 0 Å². The Morgan fingerprint density at radius 2 is 1.60 bits per heavy atom. The van der Waals surface area contributed by atoms with Crippen molar-refractivity contribution in [3.63, 3.8) is 0 Å². The van der Waals surface area contributed by atoms with Gasteiger partial charge in [0.05, 0.1) is 6.61 Å². The number of aliphatic hydroxyl groups excluding tert-OH is 1. The second-order valence-electron chi connectivity index (χ2n) is 5.05. The summed E-state index contributed by atoms with van der Waals surface area (Å²) in [6.07, 6.45) is 2.10. The summed E-state index contributed by atoms with van der Waals surface area (Å²) in [6.45, 7) is 3.29. The van der Waals surface area contributed by atoms with Crippen molar-refractivity contribution in [2.45, 2.75) is 32.4 Å². The Kier molecular flexibility index (Phi) is 5.78. The van der Waals surface area contributed by atoms with Gasteiger partial charge in [-0.1, -0.05) is 61.5 Å². The molecule has 0 aromatic heterocycles. The summed E-state index contributed by atoms with van der Waals surface area (Å²) >= 11 is 0. The second kappa shape index (κ2) is 7.83. The van der Waals surface area contributed by atoms with Crippen LogP contribution in [0.3, 0.4) is 0 Å². The number of hydrogen-bond donors (Lipinski definition) is 2. The van der Waals surface area contributed by atoms with Gasteiger partial charge in [-0.15, -0.1) is 0 Å². The fourth-order valence-corrected chi connectivity index (χ4v) is 2.39. The van der Waals surface area contributed by atoms with E-state index in [9.17, 15) is 0 Å². The molecule has 2 N–H and O–H groups in total. The van der Waals surface area contributed by atoms with Crippen molar-refractivity contribution in [2.24, 2.45) is 0 Å². The van der Waals surface area contributed by atoms with Crippen LogP contribution in [-0.4, -0.2) is 11.7 Å². The van der Waals surface area contributed by atoms with Crippen molar-refractivity contribution < 1.29 is 5.11 Å². The minimum absolute atomic E-state index is 0.116. The van der Waals surface area contributed by atoms with E-state index in [1.165, 1.54) is 11.1 Å². The van der Waals surface area contributed by atoms with E-state index in [1.54, 1.807) is 0 Å². The van der Waals surface area contributed by atoms with Gasteiger partial charge in [-0.25, -0.2) is 0 Å². The van der Waals surface area contributed by atoms with E-state index < -0.39 is 0 Å². The molecular weight excluding hydrogens is 246 g/mol. The highest BCUT2D eigenvalue weighted by atomic mass is 16.3. The standard InChI is InChI=1S/C18H23NO/c1-2-18(17-6-4-3-5-7-17)19-13-12-15-8-10-16(14-20)11-9-15/h3-11,18-20H,2,12-14H2,1H3. The minimum atomic E-state index is 0.116. The van der Waals surface area contributed by atoms with Crippen molar-refractivity contribution in [2.75, 3.05) is 6.54 Å². The van der Waals surface area contributed by atoms with Gasteiger partial charge >= 0.3 is 0 Å². The highest BCUT2D eigenvalue weighted by Crippen LogP contribution is 2.15. The van der Waals surface area contributed by atoms with Crippen molar-refractivity contribution >= 4 is 0 Å². The largest absolute Gasteiger partial charge is 0.392 e. The summed E-state index contributed by atoms with van der Waals surface area (Å²) in [5, 5.41) is 12.6. The van der Waals surface area contributed by atoms with E-state index in [0.717, 1.165) is 24.9 Å². The van der Waals surface area contributed by atoms with Gasteiger partial charge < -0.3 is 10.4 Å². The predicted molar refractivity (Wildman–Crippen MR) is 83.5 cm³/mol. The smallest absolute Gasteiger partial charge is 0.0681 e. The van der Waals surface area contributed by atoms with E-state index in [2.05, 4.69) is 54.7 Å². The van der Waals surface area contributed by atoms with Crippen molar-refractivity contribution in [3.05, 3.63) is 71.3 Å². The van der Waals surface area contributed by atoms with Crippen LogP contribution in [-0.2, 0) is 13.0 Å². The maximum Gasteiger partial charge on any atom is 0.0681 e. The van der Waals surface area contributed by atoms with Crippen LogP contribution in [0.5, 0.6) is 0 Å². The zero-order valence-corrected chi connectivity index (χ0v) is 12.0. The molecule has 0 saturated carbocycles. The second-order valence-corrected chi connectivity index (χ2v) is 5.05. The molecule has 2 aromatic rings. The molecule has 2 heteroatoms. The Balaban J connectivity index is 1.84. The number of benzene rings is 2. The maximum absolute atomic E-state index is 9.02. The first-order valence-electron chi connectivity index (χ1n) is 7.30. The van der Waals surface area contributed by atoms with E-state index in [-0.39, 0.29) is 6.61 Å². The van der Waals surface area contributed by atoms with Gasteiger partial charge in [-0.05, 0) is 36.1 Å². The van der Waals surface area contributed by atoms with Crippen LogP contribution in [0.1, 0.15) is 36.1 Å². The molecule has 0 saturated heterocycles. The van der Waals surface area contributed by atoms with Gasteiger partial charge in [0.25, 0.3) is 0 Å². The Labute approximate surface area is 121 Å². The summed E-state index contributed by atoms with van der Waals surface area (Å²) < 4.78 is 0. The molecule has 1 unspecified atom stereocenters. The first-order chi connectivity index (χ1) is 9.83. The summed E-state index contributed by atoms with van der Waals surface area (Å²) in [7, 11) is 0. The molecule has 0 amide bonds. The number of hydrogen-bond acceptors (Lipinski definition) is 2. The zero-order chi connectivity index (χ0) is 14.2. The molecule has 0 fully saturated rings. The molecule has 0 heterocycles. The average molecular weight is 269 g/mol. The molecule has 106 valence electrons. The Morgan fingerprint density at radius 3 is 2.20 bits per heavy atom. The lowest BCUT2D eigenvalue weighted by molar-refractivity contribution is 0.282. The summed E-state index contributed by atoms with van der Waals surface area (Å²) in [5.74, 6) is 0. The minimum Gasteiger partial charge on any atom is -0.392 e. The van der Waals surface area contributed by atoms with E-state index in [1.807, 2.05) is 12.1 Å². The average Bonchev–Trinajstić information content (AvgIpc) is 2.53. The Bertz CT molecular complexity index is 493. The van der Waals surface area contributed by atoms with Gasteiger partial charge in [-0.2, -0.15) is 0 Å². The van der Waals surface area contributed by atoms with Crippen LogP contribution >= 0.6 is 0 Å². The fraction of sp³-hybridized carbons (Fsp3) is 0.333. The highest BCUT2D eigenvalue weighted by Gasteiger charge is 2.07. The molecule has 0 aliphatic heterocycles. The highest BCUT2D eigenvalue weighted by molar-refractivity contribution is 5.22. The van der Waals surface area contributed by atoms with E-state index in [0.29, 0.717) is 6.04 Å². The quantitative estimate of drug-likeness (QED) is 0.806. The number of aliphatic hydroxyl groups is 1. The van der Waals surface area contributed by atoms with E-state index >= 15 is 0 Å². The lowest BCUT2D eigenvalue weighted by Gasteiger charge is -2.17. The molecule has 2 nitrogen and oxygen atoms in total. The first-order valence-corrected chi connectivity index (χ1v) is 7.30. The molecule has 0 aliphatic rings. The number of rotatable bonds is 7. The van der Waals surface area contributed by atoms with Crippen LogP contribution in [0.15, 0.2) is 54.6 Å². The lowest BCUT2D eigenvalue weighted by atomic mass is 10.0. The molecule has 0 spiro atoms. The van der Waals surface area contributed by atoms with Crippen LogP contribution in [0.2, 0.25) is 0 Å². The number of nitrogens with one attached hydrogen (secondary N) is 1. The van der Waals surface area contributed by atoms with Crippen LogP contribution < -0.4 is 5.32 Å². The van der Waals surface area contributed by atoms with Gasteiger partial charge in [0.1, 0.15) is 0 Å². The third kappa shape index (κ3) is 4.19. The monoisotopic (exact) mass is 269 g/mol. The van der Waals surface area contributed by atoms with Crippen molar-refractivity contribution in [3.8, 4) is 0 Å². The predicted octanol–water partition coefficient (Wildman–Crippen LogP) is 3.46. The van der Waals surface area contributed by atoms with Gasteiger partial charge in [0, 0.05) is 6.04 Å². The zero-order valence-electron chi connectivity index (χ0n) is 12.0. The van der Waals surface area contributed by atoms with Gasteiger partial charge in [-0.3, -0.25) is 0 Å². The molecule has 2 rings (SSSR count). The van der Waals surface area contributed by atoms with E-state index in [4.69, 9.17) is 5.11 Å². The molecule has 0 bridgehead atoms. The third-order valence-electron chi connectivity index (χ3n) is 3.62. The van der Waals surface area contributed by atoms with Crippen molar-refractivity contribution in [1.82, 2.24) is 5.32 Å². The molecule has 20 heavy (non-hydrogen) atoms. The summed E-state index contributed by atoms with van der Waals surface area (Å²) in [6, 6.07) is 19.2. The van der Waals surface area contributed by atoms with Gasteiger partial charge in [0.2, 0.25) is 0 Å². The first kappa shape index (κ1) is 14.8. The summed E-state index contributed by atoms with van der Waals surface area (Å²) in [4.78, 5) is 0. The molecular formula is C18H23NO. The topological polar surface area (TPSA) is 32.3 Å². The van der Waals surface area contributed by atoms with Crippen molar-refractivity contribution in [1.29, 1.82) is 0 Å². The fourth-order valence-electron chi connectivity index (χ4n) is 2.39. The molecule has 1 atom stereocenters. The Hall–Kier alpha value is -1.64.